The Balaban J connectivity index is 2.29. The second kappa shape index (κ2) is 6.23. The van der Waals surface area contributed by atoms with Crippen molar-refractivity contribution in [3.8, 4) is 12.3 Å². The number of unbranched alkanes of at least 4 members (excludes halogenated alkanes) is 2. The first kappa shape index (κ1) is 10.8. The Morgan fingerprint density at radius 1 is 1.21 bits per heavy atom. The van der Waals surface area contributed by atoms with Crippen molar-refractivity contribution in [3.63, 3.8) is 0 Å². The number of benzene rings is 1. The predicted octanol–water partition coefficient (Wildman–Crippen LogP) is 2.88. The molecule has 74 valence electrons. The summed E-state index contributed by atoms with van der Waals surface area (Å²) in [6, 6.07) is 10.4. The fourth-order valence-electron chi connectivity index (χ4n) is 1.46. The van der Waals surface area contributed by atoms with Crippen LogP contribution in [0.3, 0.4) is 0 Å². The van der Waals surface area contributed by atoms with Gasteiger partial charge in [-0.1, -0.05) is 36.8 Å². The summed E-state index contributed by atoms with van der Waals surface area (Å²) < 4.78 is 0. The normalized spacial score (nSPS) is 12.0. The first-order chi connectivity index (χ1) is 6.84. The van der Waals surface area contributed by atoms with Gasteiger partial charge in [-0.05, 0) is 18.4 Å². The molecule has 14 heavy (non-hydrogen) atoms. The van der Waals surface area contributed by atoms with E-state index in [1.807, 2.05) is 18.2 Å². The predicted molar refractivity (Wildman–Crippen MR) is 60.7 cm³/mol. The quantitative estimate of drug-likeness (QED) is 0.556. The summed E-state index contributed by atoms with van der Waals surface area (Å²) in [6.07, 6.45) is 9.25. The zero-order valence-electron chi connectivity index (χ0n) is 8.45. The highest BCUT2D eigenvalue weighted by Gasteiger charge is 2.03. The van der Waals surface area contributed by atoms with E-state index in [9.17, 15) is 0 Å². The summed E-state index contributed by atoms with van der Waals surface area (Å²) in [6.45, 7) is 0. The molecule has 1 aromatic carbocycles. The largest absolute Gasteiger partial charge is 0.324 e. The van der Waals surface area contributed by atoms with E-state index in [4.69, 9.17) is 12.2 Å². The fraction of sp³-hybridized carbons (Fsp3) is 0.385. The number of hydrogen-bond donors (Lipinski definition) is 1. The third kappa shape index (κ3) is 3.64. The topological polar surface area (TPSA) is 26.0 Å². The summed E-state index contributed by atoms with van der Waals surface area (Å²) in [5.41, 5.74) is 7.24. The van der Waals surface area contributed by atoms with Gasteiger partial charge in [0.05, 0.1) is 0 Å². The van der Waals surface area contributed by atoms with Gasteiger partial charge in [0.15, 0.2) is 0 Å². The van der Waals surface area contributed by atoms with Crippen molar-refractivity contribution < 1.29 is 0 Å². The maximum Gasteiger partial charge on any atom is 0.0294 e. The number of terminal acetylenes is 1. The molecule has 0 amide bonds. The van der Waals surface area contributed by atoms with Crippen LogP contribution in [0.2, 0.25) is 0 Å². The Morgan fingerprint density at radius 3 is 2.57 bits per heavy atom. The molecule has 0 radical (unpaired) electrons. The van der Waals surface area contributed by atoms with Gasteiger partial charge in [-0.3, -0.25) is 0 Å². The van der Waals surface area contributed by atoms with Crippen molar-refractivity contribution in [3.05, 3.63) is 35.9 Å². The highest BCUT2D eigenvalue weighted by Crippen LogP contribution is 2.16. The molecular weight excluding hydrogens is 170 g/mol. The lowest BCUT2D eigenvalue weighted by Gasteiger charge is -2.10. The Labute approximate surface area is 86.3 Å². The molecule has 1 nitrogen and oxygen atoms in total. The van der Waals surface area contributed by atoms with Crippen LogP contribution in [0.4, 0.5) is 0 Å². The smallest absolute Gasteiger partial charge is 0.0294 e. The summed E-state index contributed by atoms with van der Waals surface area (Å²) in [4.78, 5) is 0. The Hall–Kier alpha value is -1.26. The van der Waals surface area contributed by atoms with Crippen LogP contribution < -0.4 is 5.73 Å². The third-order valence-corrected chi connectivity index (χ3v) is 2.31. The van der Waals surface area contributed by atoms with Crippen molar-refractivity contribution in [2.45, 2.75) is 31.7 Å². The summed E-state index contributed by atoms with van der Waals surface area (Å²) in [7, 11) is 0. The summed E-state index contributed by atoms with van der Waals surface area (Å²) in [5, 5.41) is 0. The molecule has 0 saturated carbocycles. The van der Waals surface area contributed by atoms with Crippen LogP contribution >= 0.6 is 0 Å². The Bertz CT molecular complexity index is 284. The third-order valence-electron chi connectivity index (χ3n) is 2.31. The molecule has 0 aliphatic carbocycles. The summed E-state index contributed by atoms with van der Waals surface area (Å²) in [5.74, 6) is 2.64. The molecule has 0 aromatic heterocycles. The zero-order chi connectivity index (χ0) is 10.2. The standard InChI is InChI=1S/C13H17N/c1-2-3-4-8-11-13(14)12-9-6-5-7-10-12/h1,5-7,9-10,13H,3-4,8,11,14H2. The first-order valence-corrected chi connectivity index (χ1v) is 5.08. The second-order valence-electron chi connectivity index (χ2n) is 3.47. The van der Waals surface area contributed by atoms with E-state index >= 15 is 0 Å². The van der Waals surface area contributed by atoms with Crippen LogP contribution in [-0.2, 0) is 0 Å². The monoisotopic (exact) mass is 187 g/mol. The van der Waals surface area contributed by atoms with Crippen LogP contribution in [-0.4, -0.2) is 0 Å². The zero-order valence-corrected chi connectivity index (χ0v) is 8.45. The Kier molecular flexibility index (Phi) is 4.82. The molecule has 0 fully saturated rings. The van der Waals surface area contributed by atoms with Crippen molar-refractivity contribution in [2.75, 3.05) is 0 Å². The van der Waals surface area contributed by atoms with Crippen LogP contribution in [0.25, 0.3) is 0 Å². The highest BCUT2D eigenvalue weighted by molar-refractivity contribution is 5.18. The molecule has 1 aromatic rings. The van der Waals surface area contributed by atoms with E-state index in [0.717, 1.165) is 25.7 Å². The van der Waals surface area contributed by atoms with E-state index in [1.54, 1.807) is 0 Å². The van der Waals surface area contributed by atoms with Crippen molar-refractivity contribution in [1.82, 2.24) is 0 Å². The molecule has 1 atom stereocenters. The van der Waals surface area contributed by atoms with Crippen molar-refractivity contribution in [2.24, 2.45) is 5.73 Å². The van der Waals surface area contributed by atoms with Gasteiger partial charge in [0, 0.05) is 12.5 Å². The minimum Gasteiger partial charge on any atom is -0.324 e. The van der Waals surface area contributed by atoms with Crippen LogP contribution in [0, 0.1) is 12.3 Å². The lowest BCUT2D eigenvalue weighted by atomic mass is 10.0. The van der Waals surface area contributed by atoms with Crippen molar-refractivity contribution >= 4 is 0 Å². The van der Waals surface area contributed by atoms with Gasteiger partial charge in [0.2, 0.25) is 0 Å². The lowest BCUT2D eigenvalue weighted by Crippen LogP contribution is -2.09. The van der Waals surface area contributed by atoms with E-state index in [2.05, 4.69) is 18.1 Å². The van der Waals surface area contributed by atoms with Gasteiger partial charge in [-0.2, -0.15) is 0 Å². The molecule has 0 bridgehead atoms. The molecule has 0 aliphatic rings. The van der Waals surface area contributed by atoms with E-state index in [1.165, 1.54) is 5.56 Å². The van der Waals surface area contributed by atoms with Gasteiger partial charge in [-0.25, -0.2) is 0 Å². The fourth-order valence-corrected chi connectivity index (χ4v) is 1.46. The number of nitrogens with two attached hydrogens (primary N) is 1. The van der Waals surface area contributed by atoms with Crippen LogP contribution in [0.1, 0.15) is 37.3 Å². The molecule has 0 saturated heterocycles. The van der Waals surface area contributed by atoms with Gasteiger partial charge in [0.1, 0.15) is 0 Å². The molecule has 0 heterocycles. The Morgan fingerprint density at radius 2 is 1.93 bits per heavy atom. The summed E-state index contributed by atoms with van der Waals surface area (Å²) >= 11 is 0. The molecule has 0 aliphatic heterocycles. The highest BCUT2D eigenvalue weighted by atomic mass is 14.6. The lowest BCUT2D eigenvalue weighted by molar-refractivity contribution is 0.592. The van der Waals surface area contributed by atoms with Crippen molar-refractivity contribution in [1.29, 1.82) is 0 Å². The molecule has 2 N–H and O–H groups in total. The number of rotatable bonds is 5. The van der Waals surface area contributed by atoms with E-state index in [-0.39, 0.29) is 6.04 Å². The van der Waals surface area contributed by atoms with Gasteiger partial charge < -0.3 is 5.73 Å². The average molecular weight is 187 g/mol. The maximum absolute atomic E-state index is 6.03. The molecule has 1 rings (SSSR count). The molecular formula is C13H17N. The molecule has 1 heteroatoms. The second-order valence-corrected chi connectivity index (χ2v) is 3.47. The van der Waals surface area contributed by atoms with E-state index in [0.29, 0.717) is 0 Å². The maximum atomic E-state index is 6.03. The average Bonchev–Trinajstić information content (AvgIpc) is 2.25. The van der Waals surface area contributed by atoms with Crippen LogP contribution in [0.15, 0.2) is 30.3 Å². The first-order valence-electron chi connectivity index (χ1n) is 5.08. The number of hydrogen-bond acceptors (Lipinski definition) is 1. The van der Waals surface area contributed by atoms with Crippen LogP contribution in [0.5, 0.6) is 0 Å². The molecule has 1 unspecified atom stereocenters. The minimum absolute atomic E-state index is 0.161. The SMILES string of the molecule is C#CCCCCC(N)c1ccccc1. The van der Waals surface area contributed by atoms with Gasteiger partial charge >= 0.3 is 0 Å². The molecule has 0 spiro atoms. The minimum atomic E-state index is 0.161. The van der Waals surface area contributed by atoms with Gasteiger partial charge in [-0.15, -0.1) is 12.3 Å². The van der Waals surface area contributed by atoms with E-state index < -0.39 is 0 Å². The van der Waals surface area contributed by atoms with Gasteiger partial charge in [0.25, 0.3) is 0 Å².